The monoisotopic (exact) mass is 173 g/mol. The number of aromatic nitrogens is 3. The van der Waals surface area contributed by atoms with Gasteiger partial charge in [0.15, 0.2) is 0 Å². The molecule has 66 valence electrons. The van der Waals surface area contributed by atoms with Gasteiger partial charge in [0.25, 0.3) is 0 Å². The van der Waals surface area contributed by atoms with Crippen LogP contribution in [0.15, 0.2) is 30.9 Å². The minimum Gasteiger partial charge on any atom is -0.223 e. The van der Waals surface area contributed by atoms with Crippen LogP contribution >= 0.6 is 0 Å². The predicted octanol–water partition coefficient (Wildman–Crippen LogP) is 1.88. The van der Waals surface area contributed by atoms with Gasteiger partial charge in [-0.1, -0.05) is 6.07 Å². The lowest BCUT2D eigenvalue weighted by atomic mass is 10.1. The molecule has 0 aliphatic rings. The molecule has 3 nitrogen and oxygen atoms in total. The van der Waals surface area contributed by atoms with Gasteiger partial charge in [-0.3, -0.25) is 0 Å². The Kier molecular flexibility index (Phi) is 1.85. The average molecular weight is 173 g/mol. The van der Waals surface area contributed by atoms with Gasteiger partial charge in [0.1, 0.15) is 12.7 Å². The lowest BCUT2D eigenvalue weighted by Crippen LogP contribution is -1.95. The van der Waals surface area contributed by atoms with E-state index in [9.17, 15) is 0 Å². The zero-order valence-electron chi connectivity index (χ0n) is 7.73. The summed E-state index contributed by atoms with van der Waals surface area (Å²) in [7, 11) is 0. The second-order valence-corrected chi connectivity index (χ2v) is 3.11. The second kappa shape index (κ2) is 3.01. The molecule has 0 aliphatic heterocycles. The molecule has 0 saturated heterocycles. The SMILES string of the molecule is Cc1ccc(-n2cncn2)cc1C. The molecule has 1 aromatic carbocycles. The summed E-state index contributed by atoms with van der Waals surface area (Å²) >= 11 is 0. The van der Waals surface area contributed by atoms with E-state index in [1.54, 1.807) is 11.0 Å². The Labute approximate surface area is 77.0 Å². The van der Waals surface area contributed by atoms with Crippen molar-refractivity contribution in [2.75, 3.05) is 0 Å². The van der Waals surface area contributed by atoms with Crippen LogP contribution in [-0.2, 0) is 0 Å². The molecular formula is C10H11N3. The Balaban J connectivity index is 2.49. The van der Waals surface area contributed by atoms with E-state index in [-0.39, 0.29) is 0 Å². The highest BCUT2D eigenvalue weighted by Crippen LogP contribution is 2.12. The Morgan fingerprint density at radius 1 is 1.15 bits per heavy atom. The largest absolute Gasteiger partial charge is 0.223 e. The van der Waals surface area contributed by atoms with Crippen molar-refractivity contribution in [3.05, 3.63) is 42.0 Å². The Hall–Kier alpha value is -1.64. The van der Waals surface area contributed by atoms with E-state index >= 15 is 0 Å². The van der Waals surface area contributed by atoms with Crippen LogP contribution in [0.5, 0.6) is 0 Å². The first-order chi connectivity index (χ1) is 6.27. The molecule has 3 heteroatoms. The molecule has 0 atom stereocenters. The molecule has 0 aliphatic carbocycles. The van der Waals surface area contributed by atoms with Crippen molar-refractivity contribution in [3.8, 4) is 5.69 Å². The molecule has 2 rings (SSSR count). The molecule has 0 fully saturated rings. The molecule has 1 heterocycles. The predicted molar refractivity (Wildman–Crippen MR) is 50.8 cm³/mol. The number of hydrogen-bond acceptors (Lipinski definition) is 2. The fourth-order valence-corrected chi connectivity index (χ4v) is 1.21. The Morgan fingerprint density at radius 3 is 2.62 bits per heavy atom. The standard InChI is InChI=1S/C10H11N3/c1-8-3-4-10(5-9(8)2)13-7-11-6-12-13/h3-7H,1-2H3. The lowest BCUT2D eigenvalue weighted by molar-refractivity contribution is 0.877. The van der Waals surface area contributed by atoms with Gasteiger partial charge in [-0.2, -0.15) is 5.10 Å². The maximum absolute atomic E-state index is 4.06. The molecule has 0 radical (unpaired) electrons. The first-order valence-electron chi connectivity index (χ1n) is 4.19. The first kappa shape index (κ1) is 7.98. The molecule has 0 amide bonds. The number of rotatable bonds is 1. The Morgan fingerprint density at radius 2 is 2.00 bits per heavy atom. The highest BCUT2D eigenvalue weighted by molar-refractivity contribution is 5.38. The van der Waals surface area contributed by atoms with Crippen molar-refractivity contribution in [1.82, 2.24) is 14.8 Å². The molecule has 0 bridgehead atoms. The second-order valence-electron chi connectivity index (χ2n) is 3.11. The minimum absolute atomic E-state index is 1.06. The highest BCUT2D eigenvalue weighted by atomic mass is 15.3. The van der Waals surface area contributed by atoms with Gasteiger partial charge in [0.05, 0.1) is 5.69 Å². The summed E-state index contributed by atoms with van der Waals surface area (Å²) in [4.78, 5) is 3.90. The molecule has 0 spiro atoms. The van der Waals surface area contributed by atoms with Crippen molar-refractivity contribution in [2.24, 2.45) is 0 Å². The van der Waals surface area contributed by atoms with Crippen LogP contribution in [0, 0.1) is 13.8 Å². The van der Waals surface area contributed by atoms with Crippen molar-refractivity contribution < 1.29 is 0 Å². The molecular weight excluding hydrogens is 162 g/mol. The van der Waals surface area contributed by atoms with Crippen LogP contribution in [0.3, 0.4) is 0 Å². The molecule has 1 aromatic heterocycles. The molecule has 0 unspecified atom stereocenters. The molecule has 0 N–H and O–H groups in total. The van der Waals surface area contributed by atoms with Gasteiger partial charge in [0.2, 0.25) is 0 Å². The molecule has 0 saturated carbocycles. The third-order valence-corrected chi connectivity index (χ3v) is 2.17. The fraction of sp³-hybridized carbons (Fsp3) is 0.200. The van der Waals surface area contributed by atoms with Crippen molar-refractivity contribution in [2.45, 2.75) is 13.8 Å². The van der Waals surface area contributed by atoms with Gasteiger partial charge in [-0.15, -0.1) is 0 Å². The lowest BCUT2D eigenvalue weighted by Gasteiger charge is -2.03. The maximum atomic E-state index is 4.06. The van der Waals surface area contributed by atoms with Crippen LogP contribution in [0.25, 0.3) is 5.69 Å². The van der Waals surface area contributed by atoms with E-state index < -0.39 is 0 Å². The van der Waals surface area contributed by atoms with E-state index in [0.29, 0.717) is 0 Å². The fourth-order valence-electron chi connectivity index (χ4n) is 1.21. The smallest absolute Gasteiger partial charge is 0.138 e. The first-order valence-corrected chi connectivity index (χ1v) is 4.19. The van der Waals surface area contributed by atoms with Crippen LogP contribution in [-0.4, -0.2) is 14.8 Å². The summed E-state index contributed by atoms with van der Waals surface area (Å²) in [5.41, 5.74) is 3.62. The zero-order valence-corrected chi connectivity index (χ0v) is 7.73. The number of benzene rings is 1. The van der Waals surface area contributed by atoms with Crippen LogP contribution in [0.4, 0.5) is 0 Å². The van der Waals surface area contributed by atoms with E-state index in [1.807, 2.05) is 6.07 Å². The average Bonchev–Trinajstić information content (AvgIpc) is 2.62. The van der Waals surface area contributed by atoms with E-state index in [2.05, 4.69) is 36.1 Å². The Bertz CT molecular complexity index is 404. The maximum Gasteiger partial charge on any atom is 0.138 e. The van der Waals surface area contributed by atoms with Gasteiger partial charge in [0, 0.05) is 0 Å². The van der Waals surface area contributed by atoms with E-state index in [1.165, 1.54) is 17.5 Å². The summed E-state index contributed by atoms with van der Waals surface area (Å²) in [5, 5.41) is 4.06. The molecule has 13 heavy (non-hydrogen) atoms. The summed E-state index contributed by atoms with van der Waals surface area (Å²) in [6, 6.07) is 6.23. The van der Waals surface area contributed by atoms with Gasteiger partial charge < -0.3 is 0 Å². The van der Waals surface area contributed by atoms with Crippen LogP contribution in [0.1, 0.15) is 11.1 Å². The number of aryl methyl sites for hydroxylation is 2. The van der Waals surface area contributed by atoms with Crippen molar-refractivity contribution >= 4 is 0 Å². The number of nitrogens with zero attached hydrogens (tertiary/aromatic N) is 3. The summed E-state index contributed by atoms with van der Waals surface area (Å²) in [5.74, 6) is 0. The van der Waals surface area contributed by atoms with Gasteiger partial charge >= 0.3 is 0 Å². The zero-order chi connectivity index (χ0) is 9.26. The van der Waals surface area contributed by atoms with Crippen molar-refractivity contribution in [3.63, 3.8) is 0 Å². The molecule has 2 aromatic rings. The van der Waals surface area contributed by atoms with Gasteiger partial charge in [-0.05, 0) is 37.1 Å². The number of hydrogen-bond donors (Lipinski definition) is 0. The van der Waals surface area contributed by atoms with Crippen LogP contribution < -0.4 is 0 Å². The van der Waals surface area contributed by atoms with Crippen LogP contribution in [0.2, 0.25) is 0 Å². The highest BCUT2D eigenvalue weighted by Gasteiger charge is 1.98. The third-order valence-electron chi connectivity index (χ3n) is 2.17. The normalized spacial score (nSPS) is 10.3. The third kappa shape index (κ3) is 1.45. The van der Waals surface area contributed by atoms with E-state index in [0.717, 1.165) is 5.69 Å². The quantitative estimate of drug-likeness (QED) is 0.659. The van der Waals surface area contributed by atoms with E-state index in [4.69, 9.17) is 0 Å². The minimum atomic E-state index is 1.06. The summed E-state index contributed by atoms with van der Waals surface area (Å²) in [6.07, 6.45) is 3.24. The van der Waals surface area contributed by atoms with Crippen molar-refractivity contribution in [1.29, 1.82) is 0 Å². The summed E-state index contributed by atoms with van der Waals surface area (Å²) < 4.78 is 1.76. The topological polar surface area (TPSA) is 30.7 Å². The van der Waals surface area contributed by atoms with Gasteiger partial charge in [-0.25, -0.2) is 9.67 Å². The summed E-state index contributed by atoms with van der Waals surface area (Å²) in [6.45, 7) is 4.19.